The molecule has 1 saturated heterocycles. The quantitative estimate of drug-likeness (QED) is 0.652. The Kier molecular flexibility index (Phi) is 4.18. The zero-order chi connectivity index (χ0) is 13.9. The fourth-order valence-electron chi connectivity index (χ4n) is 2.21. The summed E-state index contributed by atoms with van der Waals surface area (Å²) in [5.74, 6) is 2.30. The van der Waals surface area contributed by atoms with Crippen LogP contribution >= 0.6 is 0 Å². The average molecular weight is 267 g/mol. The van der Waals surface area contributed by atoms with Crippen LogP contribution in [0.15, 0.2) is 18.2 Å². The molecule has 2 rings (SSSR count). The summed E-state index contributed by atoms with van der Waals surface area (Å²) in [5.41, 5.74) is 0.314. The van der Waals surface area contributed by atoms with Gasteiger partial charge in [0.1, 0.15) is 0 Å². The van der Waals surface area contributed by atoms with Gasteiger partial charge in [-0.25, -0.2) is 0 Å². The third kappa shape index (κ3) is 3.76. The predicted octanol–water partition coefficient (Wildman–Crippen LogP) is 1.13. The van der Waals surface area contributed by atoms with Gasteiger partial charge in [0.05, 0.1) is 0 Å². The van der Waals surface area contributed by atoms with Gasteiger partial charge < -0.3 is 18.3 Å². The highest BCUT2D eigenvalue weighted by Gasteiger charge is 2.26. The number of hydrogen-bond donors (Lipinski definition) is 1. The summed E-state index contributed by atoms with van der Waals surface area (Å²) in [6.45, 7) is -1.09. The minimum Gasteiger partial charge on any atom is -0.445 e. The molecule has 19 heavy (non-hydrogen) atoms. The minimum absolute atomic E-state index is 0.293. The van der Waals surface area contributed by atoms with Crippen molar-refractivity contribution in [1.82, 2.24) is 10.2 Å². The lowest BCUT2D eigenvalue weighted by atomic mass is 9.78. The van der Waals surface area contributed by atoms with Crippen LogP contribution in [0.5, 0.6) is 0 Å². The highest BCUT2D eigenvalue weighted by atomic mass is 19.4. The van der Waals surface area contributed by atoms with Gasteiger partial charge in [-0.2, -0.15) is 0 Å². The summed E-state index contributed by atoms with van der Waals surface area (Å²) >= 11 is 0. The Morgan fingerprint density at radius 2 is 1.89 bits per heavy atom. The summed E-state index contributed by atoms with van der Waals surface area (Å²) in [6.07, 6.45) is 5.23. The topological polar surface area (TPSA) is 15.3 Å². The molecule has 0 unspecified atom stereocenters. The summed E-state index contributed by atoms with van der Waals surface area (Å²) in [4.78, 5) is 2.12. The van der Waals surface area contributed by atoms with E-state index in [2.05, 4.69) is 16.1 Å². The molecule has 102 valence electrons. The van der Waals surface area contributed by atoms with Gasteiger partial charge in [0.2, 0.25) is 0 Å². The van der Waals surface area contributed by atoms with E-state index < -0.39 is 12.4 Å². The molecule has 1 heterocycles. The van der Waals surface area contributed by atoms with Gasteiger partial charge in [-0.1, -0.05) is 18.1 Å². The lowest BCUT2D eigenvalue weighted by Gasteiger charge is -2.28. The molecule has 0 aromatic heterocycles. The van der Waals surface area contributed by atoms with Crippen LogP contribution in [0.2, 0.25) is 0 Å². The van der Waals surface area contributed by atoms with Gasteiger partial charge in [0.15, 0.2) is 0 Å². The van der Waals surface area contributed by atoms with Crippen LogP contribution in [0.25, 0.3) is 0 Å². The molecule has 0 spiro atoms. The second-order valence-electron chi connectivity index (χ2n) is 4.71. The number of benzene rings is 1. The van der Waals surface area contributed by atoms with Crippen molar-refractivity contribution in [1.29, 1.82) is 0 Å². The van der Waals surface area contributed by atoms with Crippen molar-refractivity contribution in [2.24, 2.45) is 0 Å². The summed E-state index contributed by atoms with van der Waals surface area (Å²) in [7, 11) is 0. The largest absolute Gasteiger partial charge is 0.509 e. The molecule has 6 heteroatoms. The van der Waals surface area contributed by atoms with E-state index in [9.17, 15) is 12.9 Å². The Labute approximate surface area is 111 Å². The van der Waals surface area contributed by atoms with Crippen molar-refractivity contribution in [3.63, 3.8) is 0 Å². The summed E-state index contributed by atoms with van der Waals surface area (Å²) < 4.78 is 38.5. The van der Waals surface area contributed by atoms with Crippen LogP contribution in [0, 0.1) is 12.3 Å². The fourth-order valence-corrected chi connectivity index (χ4v) is 2.21. The van der Waals surface area contributed by atoms with E-state index in [1.54, 1.807) is 6.07 Å². The Morgan fingerprint density at radius 3 is 2.47 bits per heavy atom. The van der Waals surface area contributed by atoms with Gasteiger partial charge in [-0.05, 0) is 11.6 Å². The summed E-state index contributed by atoms with van der Waals surface area (Å²) in [6, 6.07) is 3.91. The van der Waals surface area contributed by atoms with E-state index >= 15 is 0 Å². The van der Waals surface area contributed by atoms with E-state index in [0.29, 0.717) is 17.7 Å². The van der Waals surface area contributed by atoms with Crippen LogP contribution in [0.4, 0.5) is 12.9 Å². The van der Waals surface area contributed by atoms with Gasteiger partial charge >= 0.3 is 6.98 Å². The Balaban J connectivity index is 2.22. The van der Waals surface area contributed by atoms with Gasteiger partial charge in [-0.15, -0.1) is 11.9 Å². The van der Waals surface area contributed by atoms with Crippen molar-refractivity contribution in [3.8, 4) is 12.3 Å². The molecule has 1 aliphatic rings. The maximum Gasteiger partial charge on any atom is 0.509 e. The van der Waals surface area contributed by atoms with Crippen LogP contribution < -0.4 is 10.8 Å². The molecular weight excluding hydrogens is 252 g/mol. The van der Waals surface area contributed by atoms with E-state index in [0.717, 1.165) is 32.2 Å². The van der Waals surface area contributed by atoms with Crippen molar-refractivity contribution in [2.75, 3.05) is 26.2 Å². The molecule has 0 amide bonds. The standard InChI is InChI=1S/C13H15BF3N2/c1-2-11-7-12(9-13(8-11)14(15,16)17)10-19-5-3-18-4-6-19/h1,7-9,18H,3-6,10H2/q-1. The van der Waals surface area contributed by atoms with Gasteiger partial charge in [0.25, 0.3) is 0 Å². The average Bonchev–Trinajstić information content (AvgIpc) is 2.38. The summed E-state index contributed by atoms with van der Waals surface area (Å²) in [5, 5.41) is 3.21. The van der Waals surface area contributed by atoms with Crippen molar-refractivity contribution in [2.45, 2.75) is 6.54 Å². The maximum absolute atomic E-state index is 12.8. The Bertz CT molecular complexity index is 488. The number of nitrogens with zero attached hydrogens (tertiary/aromatic N) is 1. The third-order valence-corrected chi connectivity index (χ3v) is 3.18. The zero-order valence-electron chi connectivity index (χ0n) is 10.5. The number of hydrogen-bond acceptors (Lipinski definition) is 2. The molecule has 2 nitrogen and oxygen atoms in total. The van der Waals surface area contributed by atoms with Crippen LogP contribution in [-0.4, -0.2) is 38.1 Å². The van der Waals surface area contributed by atoms with E-state index in [1.165, 1.54) is 6.07 Å². The zero-order valence-corrected chi connectivity index (χ0v) is 10.5. The Hall–Kier alpha value is -1.45. The van der Waals surface area contributed by atoms with Gasteiger partial charge in [0, 0.05) is 38.3 Å². The first kappa shape index (κ1) is 14.0. The fraction of sp³-hybridized carbons (Fsp3) is 0.385. The van der Waals surface area contributed by atoms with E-state index in [-0.39, 0.29) is 0 Å². The predicted molar refractivity (Wildman–Crippen MR) is 71.2 cm³/mol. The van der Waals surface area contributed by atoms with Crippen LogP contribution in [0.1, 0.15) is 11.1 Å². The molecule has 1 aromatic carbocycles. The van der Waals surface area contributed by atoms with Crippen molar-refractivity contribution in [3.05, 3.63) is 29.3 Å². The molecule has 1 N–H and O–H groups in total. The lowest BCUT2D eigenvalue weighted by molar-refractivity contribution is 0.233. The third-order valence-electron chi connectivity index (χ3n) is 3.18. The maximum atomic E-state index is 12.8. The highest BCUT2D eigenvalue weighted by molar-refractivity contribution is 6.73. The molecule has 0 atom stereocenters. The molecule has 0 aliphatic carbocycles. The second-order valence-corrected chi connectivity index (χ2v) is 4.71. The number of nitrogens with one attached hydrogen (secondary N) is 1. The van der Waals surface area contributed by atoms with E-state index in [4.69, 9.17) is 6.42 Å². The molecule has 0 saturated carbocycles. The van der Waals surface area contributed by atoms with E-state index in [1.807, 2.05) is 0 Å². The number of terminal acetylenes is 1. The normalized spacial score (nSPS) is 17.2. The minimum atomic E-state index is -5.01. The van der Waals surface area contributed by atoms with Crippen LogP contribution in [0.3, 0.4) is 0 Å². The molecule has 0 bridgehead atoms. The first-order valence-corrected chi connectivity index (χ1v) is 6.22. The molecular formula is C13H15BF3N2-. The molecule has 1 aliphatic heterocycles. The first-order valence-electron chi connectivity index (χ1n) is 6.22. The molecule has 1 aromatic rings. The second kappa shape index (κ2) is 5.68. The van der Waals surface area contributed by atoms with Gasteiger partial charge in [-0.3, -0.25) is 4.90 Å². The Morgan fingerprint density at radius 1 is 1.21 bits per heavy atom. The monoisotopic (exact) mass is 267 g/mol. The van der Waals surface area contributed by atoms with Crippen molar-refractivity contribution < 1.29 is 12.9 Å². The number of rotatable bonds is 3. The highest BCUT2D eigenvalue weighted by Crippen LogP contribution is 2.14. The number of piperazine rings is 1. The molecule has 0 radical (unpaired) electrons. The molecule has 1 fully saturated rings. The number of halogens is 3. The first-order chi connectivity index (χ1) is 8.99. The SMILES string of the molecule is C#Cc1cc(CN2CCNCC2)cc([B-](F)(F)F)c1. The van der Waals surface area contributed by atoms with Crippen LogP contribution in [-0.2, 0) is 6.54 Å². The lowest BCUT2D eigenvalue weighted by Crippen LogP contribution is -2.43. The smallest absolute Gasteiger partial charge is 0.445 e. The van der Waals surface area contributed by atoms with Crippen molar-refractivity contribution >= 4 is 12.4 Å².